The molecule has 1 nitrogen and oxygen atoms in total. The van der Waals surface area contributed by atoms with Gasteiger partial charge in [-0.2, -0.15) is 0 Å². The van der Waals surface area contributed by atoms with Crippen LogP contribution in [0.15, 0.2) is 12.1 Å². The molecule has 0 fully saturated rings. The number of aryl methyl sites for hydroxylation is 3. The van der Waals surface area contributed by atoms with Crippen LogP contribution in [0.3, 0.4) is 0 Å². The molecule has 2 unspecified atom stereocenters. The first kappa shape index (κ1) is 16.2. The van der Waals surface area contributed by atoms with Crippen molar-refractivity contribution in [1.29, 1.82) is 0 Å². The molecule has 0 saturated carbocycles. The van der Waals surface area contributed by atoms with Crippen LogP contribution >= 0.6 is 0 Å². The van der Waals surface area contributed by atoms with Crippen molar-refractivity contribution < 1.29 is 0 Å². The third-order valence-corrected chi connectivity index (χ3v) is 4.24. The molecule has 0 aromatic heterocycles. The van der Waals surface area contributed by atoms with Gasteiger partial charge in [-0.05, 0) is 49.8 Å². The average molecular weight is 261 g/mol. The molecule has 0 bridgehead atoms. The average Bonchev–Trinajstić information content (AvgIpc) is 2.33. The molecular weight excluding hydrogens is 230 g/mol. The Labute approximate surface area is 119 Å². The zero-order chi connectivity index (χ0) is 14.4. The molecule has 0 spiro atoms. The SMILES string of the molecule is CCCCC(CC)CC(N)c1c(C)cc(C)cc1C. The number of rotatable bonds is 7. The van der Waals surface area contributed by atoms with E-state index in [1.807, 2.05) is 0 Å². The van der Waals surface area contributed by atoms with Gasteiger partial charge in [-0.15, -0.1) is 0 Å². The molecule has 0 aliphatic carbocycles. The van der Waals surface area contributed by atoms with Gasteiger partial charge in [0.15, 0.2) is 0 Å². The first-order valence-electron chi connectivity index (χ1n) is 7.82. The quantitative estimate of drug-likeness (QED) is 0.715. The summed E-state index contributed by atoms with van der Waals surface area (Å²) < 4.78 is 0. The fourth-order valence-electron chi connectivity index (χ4n) is 3.23. The maximum Gasteiger partial charge on any atom is 0.0302 e. The van der Waals surface area contributed by atoms with Crippen molar-refractivity contribution in [3.05, 3.63) is 34.4 Å². The van der Waals surface area contributed by atoms with Crippen molar-refractivity contribution >= 4 is 0 Å². The highest BCUT2D eigenvalue weighted by Gasteiger charge is 2.17. The van der Waals surface area contributed by atoms with Gasteiger partial charge in [0.25, 0.3) is 0 Å². The van der Waals surface area contributed by atoms with E-state index in [4.69, 9.17) is 5.73 Å². The van der Waals surface area contributed by atoms with Crippen molar-refractivity contribution in [3.63, 3.8) is 0 Å². The summed E-state index contributed by atoms with van der Waals surface area (Å²) >= 11 is 0. The van der Waals surface area contributed by atoms with E-state index in [-0.39, 0.29) is 6.04 Å². The van der Waals surface area contributed by atoms with E-state index in [0.717, 1.165) is 12.3 Å². The molecule has 19 heavy (non-hydrogen) atoms. The molecule has 0 aliphatic rings. The van der Waals surface area contributed by atoms with Gasteiger partial charge in [0.05, 0.1) is 0 Å². The second kappa shape index (κ2) is 7.69. The Morgan fingerprint density at radius 2 is 1.63 bits per heavy atom. The zero-order valence-corrected chi connectivity index (χ0v) is 13.4. The molecule has 108 valence electrons. The third-order valence-electron chi connectivity index (χ3n) is 4.24. The molecule has 0 radical (unpaired) electrons. The molecule has 1 heteroatoms. The van der Waals surface area contributed by atoms with Crippen LogP contribution in [-0.2, 0) is 0 Å². The Hall–Kier alpha value is -0.820. The van der Waals surface area contributed by atoms with Gasteiger partial charge in [0.2, 0.25) is 0 Å². The summed E-state index contributed by atoms with van der Waals surface area (Å²) in [4.78, 5) is 0. The van der Waals surface area contributed by atoms with Crippen LogP contribution in [0.4, 0.5) is 0 Å². The summed E-state index contributed by atoms with van der Waals surface area (Å²) in [6.45, 7) is 11.1. The highest BCUT2D eigenvalue weighted by atomic mass is 14.6. The van der Waals surface area contributed by atoms with Crippen LogP contribution in [-0.4, -0.2) is 0 Å². The Morgan fingerprint density at radius 3 is 2.11 bits per heavy atom. The number of hydrogen-bond donors (Lipinski definition) is 1. The molecule has 2 N–H and O–H groups in total. The lowest BCUT2D eigenvalue weighted by atomic mass is 9.86. The zero-order valence-electron chi connectivity index (χ0n) is 13.4. The predicted molar refractivity (Wildman–Crippen MR) is 85.5 cm³/mol. The van der Waals surface area contributed by atoms with Crippen LogP contribution < -0.4 is 5.73 Å². The minimum atomic E-state index is 0.197. The summed E-state index contributed by atoms with van der Waals surface area (Å²) in [5.74, 6) is 0.773. The predicted octanol–water partition coefficient (Wildman–Crippen LogP) is 5.22. The van der Waals surface area contributed by atoms with E-state index >= 15 is 0 Å². The minimum absolute atomic E-state index is 0.197. The second-order valence-electron chi connectivity index (χ2n) is 6.07. The maximum absolute atomic E-state index is 6.49. The van der Waals surface area contributed by atoms with Gasteiger partial charge < -0.3 is 5.73 Å². The van der Waals surface area contributed by atoms with E-state index in [1.54, 1.807) is 0 Å². The Morgan fingerprint density at radius 1 is 1.05 bits per heavy atom. The lowest BCUT2D eigenvalue weighted by Crippen LogP contribution is -2.18. The Kier molecular flexibility index (Phi) is 6.57. The molecule has 0 amide bonds. The van der Waals surface area contributed by atoms with Gasteiger partial charge in [-0.3, -0.25) is 0 Å². The first-order chi connectivity index (χ1) is 8.99. The summed E-state index contributed by atoms with van der Waals surface area (Å²) in [5.41, 5.74) is 11.9. The number of nitrogens with two attached hydrogens (primary N) is 1. The van der Waals surface area contributed by atoms with E-state index in [1.165, 1.54) is 47.9 Å². The second-order valence-corrected chi connectivity index (χ2v) is 6.07. The van der Waals surface area contributed by atoms with Crippen LogP contribution in [0.2, 0.25) is 0 Å². The number of benzene rings is 1. The van der Waals surface area contributed by atoms with Crippen molar-refractivity contribution in [2.75, 3.05) is 0 Å². The van der Waals surface area contributed by atoms with E-state index < -0.39 is 0 Å². The van der Waals surface area contributed by atoms with E-state index in [2.05, 4.69) is 46.8 Å². The first-order valence-corrected chi connectivity index (χ1v) is 7.82. The van der Waals surface area contributed by atoms with Gasteiger partial charge in [-0.25, -0.2) is 0 Å². The largest absolute Gasteiger partial charge is 0.324 e. The topological polar surface area (TPSA) is 26.0 Å². The minimum Gasteiger partial charge on any atom is -0.324 e. The highest BCUT2D eigenvalue weighted by Crippen LogP contribution is 2.29. The van der Waals surface area contributed by atoms with Crippen molar-refractivity contribution in [3.8, 4) is 0 Å². The maximum atomic E-state index is 6.49. The Balaban J connectivity index is 2.79. The normalized spacial score (nSPS) is 14.4. The molecule has 2 atom stereocenters. The monoisotopic (exact) mass is 261 g/mol. The lowest BCUT2D eigenvalue weighted by Gasteiger charge is -2.23. The van der Waals surface area contributed by atoms with Gasteiger partial charge in [0.1, 0.15) is 0 Å². The molecule has 1 rings (SSSR count). The van der Waals surface area contributed by atoms with Crippen LogP contribution in [0, 0.1) is 26.7 Å². The fraction of sp³-hybridized carbons (Fsp3) is 0.667. The van der Waals surface area contributed by atoms with Crippen molar-refractivity contribution in [2.45, 2.75) is 72.8 Å². The summed E-state index contributed by atoms with van der Waals surface area (Å²) in [5, 5.41) is 0. The standard InChI is InChI=1S/C18H31N/c1-6-8-9-16(7-2)12-17(19)18-14(4)10-13(3)11-15(18)5/h10-11,16-17H,6-9,12,19H2,1-5H3. The summed E-state index contributed by atoms with van der Waals surface area (Å²) in [6.07, 6.45) is 6.31. The van der Waals surface area contributed by atoms with E-state index in [0.29, 0.717) is 0 Å². The van der Waals surface area contributed by atoms with Crippen LogP contribution in [0.25, 0.3) is 0 Å². The number of unbranched alkanes of at least 4 members (excludes halogenated alkanes) is 1. The van der Waals surface area contributed by atoms with E-state index in [9.17, 15) is 0 Å². The molecule has 1 aromatic carbocycles. The molecule has 0 aliphatic heterocycles. The van der Waals surface area contributed by atoms with Crippen LogP contribution in [0.1, 0.15) is 74.2 Å². The molecule has 1 aromatic rings. The number of hydrogen-bond acceptors (Lipinski definition) is 1. The van der Waals surface area contributed by atoms with Crippen LogP contribution in [0.5, 0.6) is 0 Å². The smallest absolute Gasteiger partial charge is 0.0302 e. The third kappa shape index (κ3) is 4.65. The van der Waals surface area contributed by atoms with Gasteiger partial charge in [0, 0.05) is 6.04 Å². The van der Waals surface area contributed by atoms with Crippen molar-refractivity contribution in [2.24, 2.45) is 11.7 Å². The van der Waals surface area contributed by atoms with Gasteiger partial charge >= 0.3 is 0 Å². The fourth-order valence-corrected chi connectivity index (χ4v) is 3.23. The highest BCUT2D eigenvalue weighted by molar-refractivity contribution is 5.39. The molecular formula is C18H31N. The molecule has 0 heterocycles. The lowest BCUT2D eigenvalue weighted by molar-refractivity contribution is 0.387. The Bertz CT molecular complexity index is 372. The van der Waals surface area contributed by atoms with Crippen molar-refractivity contribution in [1.82, 2.24) is 0 Å². The summed E-state index contributed by atoms with van der Waals surface area (Å²) in [6, 6.07) is 4.71. The summed E-state index contributed by atoms with van der Waals surface area (Å²) in [7, 11) is 0. The van der Waals surface area contributed by atoms with Gasteiger partial charge in [-0.1, -0.05) is 57.2 Å². The molecule has 0 saturated heterocycles.